The van der Waals surface area contributed by atoms with Crippen molar-refractivity contribution in [2.24, 2.45) is 11.5 Å². The van der Waals surface area contributed by atoms with Crippen molar-refractivity contribution in [2.75, 3.05) is 13.1 Å². The van der Waals surface area contributed by atoms with Gasteiger partial charge < -0.3 is 21.4 Å². The summed E-state index contributed by atoms with van der Waals surface area (Å²) in [7, 11) is 0. The Hall–Kier alpha value is -1.17. The summed E-state index contributed by atoms with van der Waals surface area (Å²) >= 11 is 0. The molecule has 0 aliphatic carbocycles. The van der Waals surface area contributed by atoms with E-state index >= 15 is 0 Å². The minimum atomic E-state index is -1.07. The standard InChI is InChI=1S/C14H12O2.C2H8N2.Na/c15-14(16)13(11-7-3-1-4-8-11)12-9-5-2-6-10-12;3-1-2-4;/h1-10,13H,(H,15,16);1-4H2;/q;;+1/p-1. The molecule has 2 aromatic carbocycles. The molecule has 106 valence electrons. The Labute approximate surface area is 147 Å². The summed E-state index contributed by atoms with van der Waals surface area (Å²) in [6.45, 7) is 1.19. The van der Waals surface area contributed by atoms with Crippen LogP contribution in [0.5, 0.6) is 0 Å². The molecule has 21 heavy (non-hydrogen) atoms. The average Bonchev–Trinajstić information content (AvgIpc) is 2.49. The summed E-state index contributed by atoms with van der Waals surface area (Å²) in [6, 6.07) is 18.2. The second-order valence-corrected chi connectivity index (χ2v) is 4.15. The van der Waals surface area contributed by atoms with Crippen molar-refractivity contribution in [3.8, 4) is 0 Å². The van der Waals surface area contributed by atoms with Gasteiger partial charge in [0.2, 0.25) is 0 Å². The van der Waals surface area contributed by atoms with Gasteiger partial charge in [0.05, 0.1) is 5.97 Å². The Kier molecular flexibility index (Phi) is 10.8. The van der Waals surface area contributed by atoms with Crippen LogP contribution in [0.15, 0.2) is 60.7 Å². The molecule has 0 aromatic heterocycles. The van der Waals surface area contributed by atoms with Crippen LogP contribution in [-0.2, 0) is 4.79 Å². The van der Waals surface area contributed by atoms with Crippen molar-refractivity contribution in [3.05, 3.63) is 71.8 Å². The molecule has 4 N–H and O–H groups in total. The summed E-state index contributed by atoms with van der Waals surface area (Å²) in [5.74, 6) is -1.76. The van der Waals surface area contributed by atoms with E-state index in [9.17, 15) is 9.90 Å². The molecule has 2 aromatic rings. The summed E-state index contributed by atoms with van der Waals surface area (Å²) in [5, 5.41) is 11.2. The number of carboxylic acids is 1. The molecule has 0 bridgehead atoms. The fourth-order valence-corrected chi connectivity index (χ4v) is 1.76. The van der Waals surface area contributed by atoms with Crippen molar-refractivity contribution >= 4 is 5.97 Å². The van der Waals surface area contributed by atoms with Crippen LogP contribution < -0.4 is 46.1 Å². The fraction of sp³-hybridized carbons (Fsp3) is 0.188. The van der Waals surface area contributed by atoms with Gasteiger partial charge in [-0.3, -0.25) is 0 Å². The number of aliphatic carboxylic acids is 1. The summed E-state index contributed by atoms with van der Waals surface area (Å²) < 4.78 is 0. The largest absolute Gasteiger partial charge is 1.00 e. The third-order valence-corrected chi connectivity index (χ3v) is 2.67. The zero-order chi connectivity index (χ0) is 14.8. The van der Waals surface area contributed by atoms with Gasteiger partial charge in [-0.2, -0.15) is 0 Å². The number of hydrogen-bond acceptors (Lipinski definition) is 4. The average molecular weight is 294 g/mol. The molecule has 0 spiro atoms. The molecular weight excluding hydrogens is 275 g/mol. The molecule has 5 heteroatoms. The summed E-state index contributed by atoms with van der Waals surface area (Å²) in [6.07, 6.45) is 0. The first-order valence-corrected chi connectivity index (χ1v) is 6.41. The van der Waals surface area contributed by atoms with Gasteiger partial charge in [0.15, 0.2) is 0 Å². The molecule has 0 radical (unpaired) electrons. The fourth-order valence-electron chi connectivity index (χ4n) is 1.76. The molecule has 0 amide bonds. The van der Waals surface area contributed by atoms with E-state index in [1.54, 1.807) is 24.3 Å². The van der Waals surface area contributed by atoms with E-state index in [1.165, 1.54) is 0 Å². The molecule has 0 saturated carbocycles. The molecule has 4 nitrogen and oxygen atoms in total. The number of benzene rings is 2. The van der Waals surface area contributed by atoms with Crippen molar-refractivity contribution < 1.29 is 39.5 Å². The first-order valence-electron chi connectivity index (χ1n) is 6.41. The van der Waals surface area contributed by atoms with Gasteiger partial charge in [0.1, 0.15) is 0 Å². The van der Waals surface area contributed by atoms with Gasteiger partial charge in [-0.05, 0) is 11.1 Å². The Bertz CT molecular complexity index is 465. The Morgan fingerprint density at radius 3 is 1.43 bits per heavy atom. The topological polar surface area (TPSA) is 92.2 Å². The van der Waals surface area contributed by atoms with E-state index in [-0.39, 0.29) is 29.6 Å². The molecule has 0 unspecified atom stereocenters. The van der Waals surface area contributed by atoms with E-state index in [0.717, 1.165) is 11.1 Å². The van der Waals surface area contributed by atoms with Gasteiger partial charge in [0, 0.05) is 19.0 Å². The van der Waals surface area contributed by atoms with Gasteiger partial charge in [-0.1, -0.05) is 60.7 Å². The first-order chi connectivity index (χ1) is 9.70. The molecule has 0 aliphatic heterocycles. The first kappa shape index (κ1) is 19.8. The van der Waals surface area contributed by atoms with Gasteiger partial charge in [-0.15, -0.1) is 0 Å². The summed E-state index contributed by atoms with van der Waals surface area (Å²) in [5.41, 5.74) is 11.3. The van der Waals surface area contributed by atoms with Crippen molar-refractivity contribution in [1.82, 2.24) is 0 Å². The number of carbonyl (C=O) groups excluding carboxylic acids is 1. The number of rotatable bonds is 4. The predicted octanol–water partition coefficient (Wildman–Crippen LogP) is -2.52. The molecule has 0 saturated heterocycles. The van der Waals surface area contributed by atoms with Crippen LogP contribution in [0.4, 0.5) is 0 Å². The van der Waals surface area contributed by atoms with Gasteiger partial charge >= 0.3 is 29.6 Å². The number of carbonyl (C=O) groups is 1. The summed E-state index contributed by atoms with van der Waals surface area (Å²) in [4.78, 5) is 11.2. The second-order valence-electron chi connectivity index (χ2n) is 4.15. The van der Waals surface area contributed by atoms with Crippen LogP contribution in [0.25, 0.3) is 0 Å². The van der Waals surface area contributed by atoms with Gasteiger partial charge in [0.25, 0.3) is 0 Å². The van der Waals surface area contributed by atoms with E-state index in [2.05, 4.69) is 0 Å². The van der Waals surface area contributed by atoms with Crippen LogP contribution in [0.2, 0.25) is 0 Å². The number of nitrogens with two attached hydrogens (primary N) is 2. The van der Waals surface area contributed by atoms with Crippen molar-refractivity contribution in [1.29, 1.82) is 0 Å². The second kappa shape index (κ2) is 11.5. The zero-order valence-corrected chi connectivity index (χ0v) is 14.2. The minimum absolute atomic E-state index is 0. The van der Waals surface area contributed by atoms with Crippen LogP contribution in [0.3, 0.4) is 0 Å². The normalized spacial score (nSPS) is 9.29. The third-order valence-electron chi connectivity index (χ3n) is 2.67. The van der Waals surface area contributed by atoms with E-state index in [1.807, 2.05) is 36.4 Å². The Morgan fingerprint density at radius 2 is 1.19 bits per heavy atom. The van der Waals surface area contributed by atoms with E-state index in [0.29, 0.717) is 13.1 Å². The maximum Gasteiger partial charge on any atom is 1.00 e. The quantitative estimate of drug-likeness (QED) is 0.609. The monoisotopic (exact) mass is 294 g/mol. The molecule has 0 fully saturated rings. The smallest absolute Gasteiger partial charge is 0.549 e. The zero-order valence-electron chi connectivity index (χ0n) is 12.2. The van der Waals surface area contributed by atoms with Crippen LogP contribution in [-0.4, -0.2) is 19.1 Å². The maximum absolute atomic E-state index is 11.2. The molecule has 0 aliphatic rings. The van der Waals surface area contributed by atoms with E-state index in [4.69, 9.17) is 11.5 Å². The minimum Gasteiger partial charge on any atom is -0.549 e. The van der Waals surface area contributed by atoms with Crippen LogP contribution >= 0.6 is 0 Å². The third kappa shape index (κ3) is 6.89. The van der Waals surface area contributed by atoms with Crippen LogP contribution in [0, 0.1) is 0 Å². The SMILES string of the molecule is NCCN.O=C([O-])C(c1ccccc1)c1ccccc1.[Na+]. The molecule has 0 atom stereocenters. The number of hydrogen-bond donors (Lipinski definition) is 2. The molecule has 2 rings (SSSR count). The van der Waals surface area contributed by atoms with Gasteiger partial charge in [-0.25, -0.2) is 0 Å². The maximum atomic E-state index is 11.2. The number of carboxylic acid groups (broad SMARTS) is 1. The Balaban J connectivity index is 0.000000715. The van der Waals surface area contributed by atoms with Crippen LogP contribution in [0.1, 0.15) is 17.0 Å². The molecule has 0 heterocycles. The van der Waals surface area contributed by atoms with E-state index < -0.39 is 11.9 Å². The van der Waals surface area contributed by atoms with Crippen molar-refractivity contribution in [3.63, 3.8) is 0 Å². The Morgan fingerprint density at radius 1 is 0.857 bits per heavy atom. The molecular formula is C16H19N2NaO2. The predicted molar refractivity (Wildman–Crippen MR) is 77.8 cm³/mol. The van der Waals surface area contributed by atoms with Crippen molar-refractivity contribution in [2.45, 2.75) is 5.92 Å².